The zero-order valence-electron chi connectivity index (χ0n) is 14.6. The Bertz CT molecular complexity index is 891. The molecule has 0 saturated heterocycles. The van der Waals surface area contributed by atoms with Crippen LogP contribution in [0.3, 0.4) is 0 Å². The molecule has 0 bridgehead atoms. The van der Waals surface area contributed by atoms with E-state index in [1.807, 2.05) is 19.2 Å². The molecule has 4 heteroatoms. The molecule has 2 aromatic heterocycles. The summed E-state index contributed by atoms with van der Waals surface area (Å²) in [7, 11) is 0. The van der Waals surface area contributed by atoms with Gasteiger partial charge in [0.1, 0.15) is 5.65 Å². The number of rotatable bonds is 4. The molecule has 0 fully saturated rings. The predicted molar refractivity (Wildman–Crippen MR) is 105 cm³/mol. The van der Waals surface area contributed by atoms with E-state index in [1.165, 1.54) is 5.56 Å². The molecule has 0 spiro atoms. The van der Waals surface area contributed by atoms with Crippen molar-refractivity contribution >= 4 is 22.9 Å². The number of nitrogens with two attached hydrogens (primary N) is 1. The van der Waals surface area contributed by atoms with Crippen LogP contribution in [-0.2, 0) is 0 Å². The van der Waals surface area contributed by atoms with E-state index < -0.39 is 0 Å². The van der Waals surface area contributed by atoms with Gasteiger partial charge in [0.2, 0.25) is 0 Å². The zero-order valence-corrected chi connectivity index (χ0v) is 15.4. The van der Waals surface area contributed by atoms with Crippen LogP contribution in [0.15, 0.2) is 42.6 Å². The maximum atomic E-state index is 5.96. The maximum Gasteiger partial charge on any atom is 0.140 e. The second-order valence-corrected chi connectivity index (χ2v) is 7.10. The van der Waals surface area contributed by atoms with E-state index in [1.54, 1.807) is 0 Å². The van der Waals surface area contributed by atoms with Crippen LogP contribution in [0.2, 0.25) is 0 Å². The van der Waals surface area contributed by atoms with Crippen LogP contribution >= 0.6 is 12.2 Å². The van der Waals surface area contributed by atoms with Crippen LogP contribution in [0.25, 0.3) is 16.9 Å². The van der Waals surface area contributed by atoms with E-state index in [0.29, 0.717) is 10.9 Å². The molecule has 2 heterocycles. The highest BCUT2D eigenvalue weighted by atomic mass is 32.1. The van der Waals surface area contributed by atoms with E-state index in [9.17, 15) is 0 Å². The van der Waals surface area contributed by atoms with Crippen LogP contribution in [0.5, 0.6) is 0 Å². The topological polar surface area (TPSA) is 43.3 Å². The van der Waals surface area contributed by atoms with Gasteiger partial charge < -0.3 is 10.1 Å². The molecule has 3 aromatic rings. The monoisotopic (exact) mass is 337 g/mol. The quantitative estimate of drug-likeness (QED) is 0.694. The highest BCUT2D eigenvalue weighted by molar-refractivity contribution is 7.80. The molecule has 0 radical (unpaired) electrons. The summed E-state index contributed by atoms with van der Waals surface area (Å²) in [6.45, 7) is 8.51. The minimum Gasteiger partial charge on any atom is -0.393 e. The minimum absolute atomic E-state index is 0.0448. The van der Waals surface area contributed by atoms with E-state index >= 15 is 0 Å². The predicted octanol–water partition coefficient (Wildman–Crippen LogP) is 4.82. The molecule has 1 aromatic carbocycles. The summed E-state index contributed by atoms with van der Waals surface area (Å²) < 4.78 is 2.12. The Labute approximate surface area is 148 Å². The van der Waals surface area contributed by atoms with Crippen LogP contribution in [0.1, 0.15) is 49.4 Å². The van der Waals surface area contributed by atoms with Gasteiger partial charge in [-0.3, -0.25) is 0 Å². The molecule has 0 aliphatic rings. The maximum absolute atomic E-state index is 5.96. The Morgan fingerprint density at radius 3 is 2.38 bits per heavy atom. The van der Waals surface area contributed by atoms with Crippen molar-refractivity contribution in [3.05, 3.63) is 59.4 Å². The number of fused-ring (bicyclic) bond motifs is 1. The summed E-state index contributed by atoms with van der Waals surface area (Å²) in [5.41, 5.74) is 12.5. The first-order valence-electron chi connectivity index (χ1n) is 8.27. The fraction of sp³-hybridized carbons (Fsp3) is 0.300. The number of aryl methyl sites for hydroxylation is 1. The van der Waals surface area contributed by atoms with Crippen molar-refractivity contribution in [2.45, 2.75) is 39.5 Å². The molecule has 0 aliphatic heterocycles. The molecular formula is C20H23N3S. The van der Waals surface area contributed by atoms with Crippen LogP contribution < -0.4 is 5.73 Å². The summed E-state index contributed by atoms with van der Waals surface area (Å²) in [5.74, 6) is 0.467. The second kappa shape index (κ2) is 6.36. The molecule has 3 rings (SSSR count). The number of imidazole rings is 1. The molecule has 3 nitrogen and oxygen atoms in total. The van der Waals surface area contributed by atoms with E-state index in [0.717, 1.165) is 28.2 Å². The number of benzene rings is 1. The Morgan fingerprint density at radius 1 is 1.12 bits per heavy atom. The third-order valence-electron chi connectivity index (χ3n) is 4.57. The van der Waals surface area contributed by atoms with Gasteiger partial charge in [0.15, 0.2) is 0 Å². The molecule has 24 heavy (non-hydrogen) atoms. The van der Waals surface area contributed by atoms with Gasteiger partial charge in [0, 0.05) is 17.7 Å². The second-order valence-electron chi connectivity index (χ2n) is 6.63. The average molecular weight is 337 g/mol. The molecular weight excluding hydrogens is 314 g/mol. The van der Waals surface area contributed by atoms with Gasteiger partial charge >= 0.3 is 0 Å². The van der Waals surface area contributed by atoms with Crippen LogP contribution in [0.4, 0.5) is 0 Å². The van der Waals surface area contributed by atoms with Crippen molar-refractivity contribution in [3.63, 3.8) is 0 Å². The number of pyridine rings is 1. The van der Waals surface area contributed by atoms with Gasteiger partial charge in [-0.25, -0.2) is 4.98 Å². The largest absolute Gasteiger partial charge is 0.393 e. The van der Waals surface area contributed by atoms with Gasteiger partial charge in [0.25, 0.3) is 0 Å². The normalized spacial score (nSPS) is 12.7. The first kappa shape index (κ1) is 16.7. The number of nitrogens with zero attached hydrogens (tertiary/aromatic N) is 2. The lowest BCUT2D eigenvalue weighted by atomic mass is 9.98. The van der Waals surface area contributed by atoms with E-state index in [-0.39, 0.29) is 5.92 Å². The minimum atomic E-state index is -0.0448. The molecule has 124 valence electrons. The molecule has 1 unspecified atom stereocenters. The van der Waals surface area contributed by atoms with Gasteiger partial charge in [-0.1, -0.05) is 63.3 Å². The fourth-order valence-corrected chi connectivity index (χ4v) is 3.12. The Hall–Kier alpha value is -2.20. The van der Waals surface area contributed by atoms with Crippen molar-refractivity contribution in [2.24, 2.45) is 5.73 Å². The summed E-state index contributed by atoms with van der Waals surface area (Å²) in [5, 5.41) is 0. The van der Waals surface area contributed by atoms with Crippen molar-refractivity contribution in [2.75, 3.05) is 0 Å². The summed E-state index contributed by atoms with van der Waals surface area (Å²) in [4.78, 5) is 5.39. The highest BCUT2D eigenvalue weighted by Gasteiger charge is 2.21. The molecule has 0 saturated carbocycles. The van der Waals surface area contributed by atoms with Crippen LogP contribution in [0, 0.1) is 6.92 Å². The Kier molecular flexibility index (Phi) is 4.41. The number of aromatic nitrogens is 2. The van der Waals surface area contributed by atoms with Gasteiger partial charge in [-0.15, -0.1) is 0 Å². The van der Waals surface area contributed by atoms with E-state index in [2.05, 4.69) is 55.5 Å². The van der Waals surface area contributed by atoms with E-state index in [4.69, 9.17) is 22.9 Å². The average Bonchev–Trinajstić information content (AvgIpc) is 2.95. The van der Waals surface area contributed by atoms with Crippen molar-refractivity contribution in [1.29, 1.82) is 0 Å². The summed E-state index contributed by atoms with van der Waals surface area (Å²) >= 11 is 5.26. The zero-order chi connectivity index (χ0) is 17.4. The lowest BCUT2D eigenvalue weighted by Gasteiger charge is -2.13. The first-order chi connectivity index (χ1) is 11.4. The smallest absolute Gasteiger partial charge is 0.140 e. The molecule has 0 aliphatic carbocycles. The summed E-state index contributed by atoms with van der Waals surface area (Å²) in [6, 6.07) is 12.7. The highest BCUT2D eigenvalue weighted by Crippen LogP contribution is 2.32. The van der Waals surface area contributed by atoms with Crippen molar-refractivity contribution < 1.29 is 0 Å². The number of hydrogen-bond acceptors (Lipinski definition) is 2. The van der Waals surface area contributed by atoms with Gasteiger partial charge in [-0.2, -0.15) is 0 Å². The van der Waals surface area contributed by atoms with Crippen molar-refractivity contribution in [3.8, 4) is 11.3 Å². The fourth-order valence-electron chi connectivity index (χ4n) is 3.01. The number of hydrogen-bond donors (Lipinski definition) is 1. The molecule has 2 N–H and O–H groups in total. The van der Waals surface area contributed by atoms with Crippen LogP contribution in [-0.4, -0.2) is 14.4 Å². The third kappa shape index (κ3) is 2.82. The molecule has 1 atom stereocenters. The lowest BCUT2D eigenvalue weighted by Crippen LogP contribution is -2.18. The number of thiocarbonyl (C=S) groups is 1. The lowest BCUT2D eigenvalue weighted by molar-refractivity contribution is 0.867. The van der Waals surface area contributed by atoms with Gasteiger partial charge in [0.05, 0.1) is 16.4 Å². The SMILES string of the molecule is Cc1cccn2c(C(C)C(N)=S)c(-c3ccc(C(C)C)cc3)nc12. The molecule has 0 amide bonds. The summed E-state index contributed by atoms with van der Waals surface area (Å²) in [6.07, 6.45) is 2.03. The van der Waals surface area contributed by atoms with Crippen molar-refractivity contribution in [1.82, 2.24) is 9.38 Å². The van der Waals surface area contributed by atoms with Gasteiger partial charge in [-0.05, 0) is 30.0 Å². The Balaban J connectivity index is 2.24. The first-order valence-corrected chi connectivity index (χ1v) is 8.68. The third-order valence-corrected chi connectivity index (χ3v) is 4.92. The Morgan fingerprint density at radius 2 is 1.79 bits per heavy atom. The standard InChI is InChI=1S/C20H23N3S/c1-12(2)15-7-9-16(10-8-15)17-18(14(4)19(21)24)23-11-5-6-13(3)20(23)22-17/h5-12,14H,1-4H3,(H2,21,24).